The van der Waals surface area contributed by atoms with Crippen molar-refractivity contribution >= 4 is 11.9 Å². The number of carboxylic acid groups (broad SMARTS) is 1. The largest absolute Gasteiger partial charge is 0.492 e. The zero-order valence-corrected chi connectivity index (χ0v) is 12.7. The number of hydrogen-bond donors (Lipinski definition) is 2. The fourth-order valence-corrected chi connectivity index (χ4v) is 2.15. The van der Waals surface area contributed by atoms with E-state index >= 15 is 0 Å². The Labute approximate surface area is 130 Å². The summed E-state index contributed by atoms with van der Waals surface area (Å²) in [5.41, 5.74) is 0.564. The molecule has 0 bridgehead atoms. The number of nitrogens with one attached hydrogen (secondary N) is 1. The second-order valence-electron chi connectivity index (χ2n) is 5.71. The SMILES string of the molecule is O=C(O)CCCCCNC(=O)c1ccccc1OCC1CC1. The number of ether oxygens (including phenoxy) is 1. The third-order valence-electron chi connectivity index (χ3n) is 3.66. The number of carbonyl (C=O) groups excluding carboxylic acids is 1. The highest BCUT2D eigenvalue weighted by molar-refractivity contribution is 5.96. The van der Waals surface area contributed by atoms with Gasteiger partial charge in [0.25, 0.3) is 5.91 Å². The Balaban J connectivity index is 1.72. The molecule has 0 spiro atoms. The number of carboxylic acids is 1. The van der Waals surface area contributed by atoms with Crippen LogP contribution in [0.25, 0.3) is 0 Å². The maximum Gasteiger partial charge on any atom is 0.303 e. The van der Waals surface area contributed by atoms with Crippen molar-refractivity contribution in [3.63, 3.8) is 0 Å². The molecular formula is C17H23NO4. The zero-order valence-electron chi connectivity index (χ0n) is 12.7. The molecule has 1 aliphatic carbocycles. The molecule has 0 aliphatic heterocycles. The van der Waals surface area contributed by atoms with E-state index in [9.17, 15) is 9.59 Å². The number of para-hydroxylation sites is 1. The molecule has 1 fully saturated rings. The number of rotatable bonds is 10. The number of aliphatic carboxylic acids is 1. The molecule has 0 radical (unpaired) electrons. The third-order valence-corrected chi connectivity index (χ3v) is 3.66. The van der Waals surface area contributed by atoms with Gasteiger partial charge in [0.1, 0.15) is 5.75 Å². The summed E-state index contributed by atoms with van der Waals surface area (Å²) >= 11 is 0. The molecule has 0 unspecified atom stereocenters. The van der Waals surface area contributed by atoms with Crippen LogP contribution in [0.3, 0.4) is 0 Å². The fraction of sp³-hybridized carbons (Fsp3) is 0.529. The normalized spacial score (nSPS) is 13.6. The maximum absolute atomic E-state index is 12.2. The lowest BCUT2D eigenvalue weighted by atomic mass is 10.1. The van der Waals surface area contributed by atoms with E-state index in [1.165, 1.54) is 12.8 Å². The van der Waals surface area contributed by atoms with Crippen LogP contribution in [0.4, 0.5) is 0 Å². The molecule has 0 atom stereocenters. The molecule has 120 valence electrons. The number of amides is 1. The molecule has 1 aromatic rings. The van der Waals surface area contributed by atoms with Crippen LogP contribution in [0.15, 0.2) is 24.3 Å². The van der Waals surface area contributed by atoms with E-state index in [0.717, 1.165) is 12.8 Å². The van der Waals surface area contributed by atoms with Crippen molar-refractivity contribution in [3.8, 4) is 5.75 Å². The van der Waals surface area contributed by atoms with Crippen LogP contribution in [0.2, 0.25) is 0 Å². The second kappa shape index (κ2) is 8.41. The van der Waals surface area contributed by atoms with Gasteiger partial charge in [-0.25, -0.2) is 0 Å². The summed E-state index contributed by atoms with van der Waals surface area (Å²) < 4.78 is 5.73. The monoisotopic (exact) mass is 305 g/mol. The van der Waals surface area contributed by atoms with Crippen molar-refractivity contribution in [1.82, 2.24) is 5.32 Å². The van der Waals surface area contributed by atoms with Gasteiger partial charge in [-0.1, -0.05) is 18.6 Å². The Kier molecular flexibility index (Phi) is 6.25. The first kappa shape index (κ1) is 16.3. The number of carbonyl (C=O) groups is 2. The van der Waals surface area contributed by atoms with Gasteiger partial charge in [0.15, 0.2) is 0 Å². The van der Waals surface area contributed by atoms with Gasteiger partial charge in [-0.3, -0.25) is 9.59 Å². The van der Waals surface area contributed by atoms with Gasteiger partial charge in [-0.2, -0.15) is 0 Å². The summed E-state index contributed by atoms with van der Waals surface area (Å²) in [4.78, 5) is 22.6. The van der Waals surface area contributed by atoms with Crippen molar-refractivity contribution in [2.45, 2.75) is 38.5 Å². The van der Waals surface area contributed by atoms with Crippen LogP contribution in [-0.2, 0) is 4.79 Å². The number of hydrogen-bond acceptors (Lipinski definition) is 3. The Bertz CT molecular complexity index is 511. The van der Waals surface area contributed by atoms with E-state index in [4.69, 9.17) is 9.84 Å². The van der Waals surface area contributed by atoms with Crippen LogP contribution < -0.4 is 10.1 Å². The van der Waals surface area contributed by atoms with Gasteiger partial charge in [-0.15, -0.1) is 0 Å². The Morgan fingerprint density at radius 3 is 2.68 bits per heavy atom. The molecule has 2 rings (SSSR count). The average Bonchev–Trinajstić information content (AvgIpc) is 3.32. The predicted molar refractivity (Wildman–Crippen MR) is 83.1 cm³/mol. The Hall–Kier alpha value is -2.04. The quantitative estimate of drug-likeness (QED) is 0.652. The van der Waals surface area contributed by atoms with Crippen molar-refractivity contribution in [2.75, 3.05) is 13.2 Å². The fourth-order valence-electron chi connectivity index (χ4n) is 2.15. The van der Waals surface area contributed by atoms with Gasteiger partial charge < -0.3 is 15.2 Å². The van der Waals surface area contributed by atoms with Crippen molar-refractivity contribution < 1.29 is 19.4 Å². The number of benzene rings is 1. The second-order valence-corrected chi connectivity index (χ2v) is 5.71. The molecule has 0 aromatic heterocycles. The van der Waals surface area contributed by atoms with Crippen LogP contribution in [0.5, 0.6) is 5.75 Å². The molecule has 5 heteroatoms. The zero-order chi connectivity index (χ0) is 15.8. The van der Waals surface area contributed by atoms with Crippen LogP contribution in [0.1, 0.15) is 48.9 Å². The molecule has 0 heterocycles. The highest BCUT2D eigenvalue weighted by Crippen LogP contribution is 2.30. The molecule has 1 saturated carbocycles. The lowest BCUT2D eigenvalue weighted by Gasteiger charge is -2.11. The molecular weight excluding hydrogens is 282 g/mol. The minimum atomic E-state index is -0.772. The van der Waals surface area contributed by atoms with E-state index in [0.29, 0.717) is 36.8 Å². The maximum atomic E-state index is 12.2. The highest BCUT2D eigenvalue weighted by atomic mass is 16.5. The van der Waals surface area contributed by atoms with E-state index in [1.54, 1.807) is 6.07 Å². The summed E-state index contributed by atoms with van der Waals surface area (Å²) in [6, 6.07) is 7.28. The van der Waals surface area contributed by atoms with Gasteiger partial charge in [0, 0.05) is 13.0 Å². The first-order valence-corrected chi connectivity index (χ1v) is 7.88. The van der Waals surface area contributed by atoms with Crippen molar-refractivity contribution in [2.24, 2.45) is 5.92 Å². The molecule has 1 aromatic carbocycles. The topological polar surface area (TPSA) is 75.6 Å². The van der Waals surface area contributed by atoms with Gasteiger partial charge in [0.05, 0.1) is 12.2 Å². The van der Waals surface area contributed by atoms with Crippen LogP contribution in [-0.4, -0.2) is 30.1 Å². The average molecular weight is 305 g/mol. The summed E-state index contributed by atoms with van der Waals surface area (Å²) in [6.07, 6.45) is 4.84. The summed E-state index contributed by atoms with van der Waals surface area (Å²) in [5.74, 6) is 0.374. The first-order valence-electron chi connectivity index (χ1n) is 7.88. The summed E-state index contributed by atoms with van der Waals surface area (Å²) in [5, 5.41) is 11.4. The third kappa shape index (κ3) is 5.76. The summed E-state index contributed by atoms with van der Waals surface area (Å²) in [7, 11) is 0. The number of unbranched alkanes of at least 4 members (excludes halogenated alkanes) is 2. The van der Waals surface area contributed by atoms with Gasteiger partial charge in [-0.05, 0) is 43.7 Å². The molecule has 22 heavy (non-hydrogen) atoms. The Morgan fingerprint density at radius 2 is 1.95 bits per heavy atom. The van der Waals surface area contributed by atoms with E-state index in [2.05, 4.69) is 5.32 Å². The minimum absolute atomic E-state index is 0.135. The van der Waals surface area contributed by atoms with Crippen LogP contribution in [0, 0.1) is 5.92 Å². The molecule has 5 nitrogen and oxygen atoms in total. The molecule has 1 aliphatic rings. The smallest absolute Gasteiger partial charge is 0.303 e. The van der Waals surface area contributed by atoms with Gasteiger partial charge in [0.2, 0.25) is 0 Å². The van der Waals surface area contributed by atoms with E-state index < -0.39 is 5.97 Å². The molecule has 2 N–H and O–H groups in total. The standard InChI is InChI=1S/C17H23NO4/c19-16(20)8-2-1-5-11-18-17(21)14-6-3-4-7-15(14)22-12-13-9-10-13/h3-4,6-7,13H,1-2,5,8-12H2,(H,18,21)(H,19,20). The van der Waals surface area contributed by atoms with Gasteiger partial charge >= 0.3 is 5.97 Å². The predicted octanol–water partition coefficient (Wildman–Crippen LogP) is 2.85. The molecule has 0 saturated heterocycles. The van der Waals surface area contributed by atoms with Crippen molar-refractivity contribution in [3.05, 3.63) is 29.8 Å². The lowest BCUT2D eigenvalue weighted by molar-refractivity contribution is -0.137. The highest BCUT2D eigenvalue weighted by Gasteiger charge is 2.22. The first-order chi connectivity index (χ1) is 10.7. The summed E-state index contributed by atoms with van der Waals surface area (Å²) in [6.45, 7) is 1.23. The Morgan fingerprint density at radius 1 is 1.18 bits per heavy atom. The van der Waals surface area contributed by atoms with Crippen LogP contribution >= 0.6 is 0 Å². The lowest BCUT2D eigenvalue weighted by Crippen LogP contribution is -2.25. The van der Waals surface area contributed by atoms with E-state index in [-0.39, 0.29) is 12.3 Å². The van der Waals surface area contributed by atoms with Crippen molar-refractivity contribution in [1.29, 1.82) is 0 Å². The molecule has 1 amide bonds. The minimum Gasteiger partial charge on any atom is -0.492 e. The van der Waals surface area contributed by atoms with E-state index in [1.807, 2.05) is 18.2 Å².